The van der Waals surface area contributed by atoms with Crippen LogP contribution in [0.3, 0.4) is 0 Å². The molecule has 33 heavy (non-hydrogen) atoms. The number of benzene rings is 1. The van der Waals surface area contributed by atoms with Crippen LogP contribution >= 0.6 is 11.6 Å². The normalized spacial score (nSPS) is 19.8. The van der Waals surface area contributed by atoms with Crippen molar-refractivity contribution in [3.05, 3.63) is 52.7 Å². The Kier molecular flexibility index (Phi) is 7.26. The highest BCUT2D eigenvalue weighted by atomic mass is 35.5. The van der Waals surface area contributed by atoms with Crippen molar-refractivity contribution in [3.8, 4) is 0 Å². The lowest BCUT2D eigenvalue weighted by Gasteiger charge is -2.42. The maximum absolute atomic E-state index is 13.1. The van der Waals surface area contributed by atoms with Crippen LogP contribution in [-0.4, -0.2) is 67.9 Å². The minimum Gasteiger partial charge on any atom is -0.371 e. The molecule has 1 aromatic heterocycles. The van der Waals surface area contributed by atoms with E-state index in [4.69, 9.17) is 11.6 Å². The largest absolute Gasteiger partial charge is 0.371 e. The van der Waals surface area contributed by atoms with Crippen LogP contribution in [0.15, 0.2) is 36.5 Å². The van der Waals surface area contributed by atoms with E-state index >= 15 is 0 Å². The first-order valence-electron chi connectivity index (χ1n) is 11.4. The van der Waals surface area contributed by atoms with Gasteiger partial charge in [-0.05, 0) is 62.4 Å². The second kappa shape index (κ2) is 9.99. The van der Waals surface area contributed by atoms with Crippen LogP contribution in [-0.2, 0) is 9.84 Å². The van der Waals surface area contributed by atoms with Gasteiger partial charge in [-0.25, -0.2) is 13.4 Å². The first kappa shape index (κ1) is 24.0. The van der Waals surface area contributed by atoms with Crippen molar-refractivity contribution >= 4 is 38.9 Å². The Labute approximate surface area is 201 Å². The third-order valence-corrected chi connectivity index (χ3v) is 8.77. The van der Waals surface area contributed by atoms with Crippen molar-refractivity contribution in [1.82, 2.24) is 9.88 Å². The third-order valence-electron chi connectivity index (χ3n) is 6.82. The van der Waals surface area contributed by atoms with Gasteiger partial charge in [-0.15, -0.1) is 0 Å². The summed E-state index contributed by atoms with van der Waals surface area (Å²) in [5.41, 5.74) is 2.39. The van der Waals surface area contributed by atoms with E-state index in [-0.39, 0.29) is 5.91 Å². The predicted molar refractivity (Wildman–Crippen MR) is 133 cm³/mol. The number of aryl methyl sites for hydroxylation is 1. The highest BCUT2D eigenvalue weighted by molar-refractivity contribution is 7.91. The van der Waals surface area contributed by atoms with Crippen LogP contribution < -0.4 is 10.2 Å². The molecule has 0 spiro atoms. The van der Waals surface area contributed by atoms with Crippen LogP contribution in [0.25, 0.3) is 0 Å². The molecule has 0 atom stereocenters. The van der Waals surface area contributed by atoms with Crippen LogP contribution in [0.1, 0.15) is 41.6 Å². The van der Waals surface area contributed by atoms with Gasteiger partial charge in [0.25, 0.3) is 5.91 Å². The summed E-state index contributed by atoms with van der Waals surface area (Å²) in [6.07, 6.45) is 5.11. The van der Waals surface area contributed by atoms with E-state index in [0.29, 0.717) is 40.0 Å². The van der Waals surface area contributed by atoms with E-state index < -0.39 is 9.84 Å². The van der Waals surface area contributed by atoms with Crippen LogP contribution in [0.2, 0.25) is 5.02 Å². The van der Waals surface area contributed by atoms with Gasteiger partial charge in [-0.2, -0.15) is 0 Å². The molecule has 3 heterocycles. The molecule has 2 saturated heterocycles. The van der Waals surface area contributed by atoms with E-state index in [2.05, 4.69) is 20.1 Å². The number of carbonyl (C=O) groups is 1. The molecule has 9 heteroatoms. The summed E-state index contributed by atoms with van der Waals surface area (Å²) in [6, 6.07) is 9.76. The molecular formula is C24H31ClN4O3S. The number of halogens is 1. The van der Waals surface area contributed by atoms with Gasteiger partial charge in [0.1, 0.15) is 15.7 Å². The van der Waals surface area contributed by atoms with Gasteiger partial charge >= 0.3 is 0 Å². The van der Waals surface area contributed by atoms with Gasteiger partial charge in [0, 0.05) is 49.1 Å². The monoisotopic (exact) mass is 490 g/mol. The average molecular weight is 491 g/mol. The SMILES string of the molecule is Cc1ccc(NC(=O)c2cc(Cl)ccc2N(C)C2CCN(C3CCS(=O)(=O)CC3)CC2)nc1. The molecule has 2 fully saturated rings. The van der Waals surface area contributed by atoms with Gasteiger partial charge < -0.3 is 15.1 Å². The number of amides is 1. The number of hydrogen-bond donors (Lipinski definition) is 1. The molecule has 0 radical (unpaired) electrons. The number of rotatable bonds is 5. The molecule has 2 aliphatic rings. The zero-order chi connectivity index (χ0) is 23.6. The van der Waals surface area contributed by atoms with E-state index in [1.165, 1.54) is 0 Å². The first-order chi connectivity index (χ1) is 15.7. The number of hydrogen-bond acceptors (Lipinski definition) is 6. The van der Waals surface area contributed by atoms with Crippen LogP contribution in [0, 0.1) is 6.92 Å². The number of sulfone groups is 1. The molecule has 2 aromatic rings. The fraction of sp³-hybridized carbons (Fsp3) is 0.500. The Balaban J connectivity index is 1.42. The molecule has 1 N–H and O–H groups in total. The fourth-order valence-corrected chi connectivity index (χ4v) is 6.44. The average Bonchev–Trinajstić information content (AvgIpc) is 2.80. The van der Waals surface area contributed by atoms with Crippen molar-refractivity contribution in [2.45, 2.75) is 44.7 Å². The minimum absolute atomic E-state index is 0.239. The minimum atomic E-state index is -2.84. The quantitative estimate of drug-likeness (QED) is 0.687. The molecule has 178 valence electrons. The molecule has 0 unspecified atom stereocenters. The summed E-state index contributed by atoms with van der Waals surface area (Å²) in [6.45, 7) is 3.81. The molecule has 2 aliphatic heterocycles. The molecule has 0 saturated carbocycles. The van der Waals surface area contributed by atoms with Crippen molar-refractivity contribution < 1.29 is 13.2 Å². The van der Waals surface area contributed by atoms with Crippen molar-refractivity contribution in [1.29, 1.82) is 0 Å². The zero-order valence-corrected chi connectivity index (χ0v) is 20.7. The summed E-state index contributed by atoms with van der Waals surface area (Å²) < 4.78 is 23.5. The second-order valence-electron chi connectivity index (χ2n) is 9.10. The Morgan fingerprint density at radius 2 is 1.82 bits per heavy atom. The summed E-state index contributed by atoms with van der Waals surface area (Å²) in [5.74, 6) is 0.867. The fourth-order valence-electron chi connectivity index (χ4n) is 4.80. The van der Waals surface area contributed by atoms with Crippen molar-refractivity contribution in [2.24, 2.45) is 0 Å². The van der Waals surface area contributed by atoms with Gasteiger partial charge in [-0.1, -0.05) is 17.7 Å². The van der Waals surface area contributed by atoms with Gasteiger partial charge in [0.15, 0.2) is 0 Å². The van der Waals surface area contributed by atoms with Crippen molar-refractivity contribution in [2.75, 3.05) is 41.9 Å². The Morgan fingerprint density at radius 1 is 1.12 bits per heavy atom. The maximum atomic E-state index is 13.1. The standard InChI is InChI=1S/C24H31ClN4O3S/c1-17-3-6-23(26-16-17)27-24(30)21-15-18(25)4-5-22(21)28(2)19-7-11-29(12-8-19)20-9-13-33(31,32)14-10-20/h3-6,15-16,19-20H,7-14H2,1-2H3,(H,26,27,30). The summed E-state index contributed by atoms with van der Waals surface area (Å²) in [4.78, 5) is 22.0. The number of pyridine rings is 1. The van der Waals surface area contributed by atoms with Crippen LogP contribution in [0.5, 0.6) is 0 Å². The zero-order valence-electron chi connectivity index (χ0n) is 19.1. The molecule has 0 bridgehead atoms. The van der Waals surface area contributed by atoms with E-state index in [1.54, 1.807) is 18.3 Å². The number of carbonyl (C=O) groups excluding carboxylic acids is 1. The van der Waals surface area contributed by atoms with Gasteiger partial charge in [0.2, 0.25) is 0 Å². The molecule has 7 nitrogen and oxygen atoms in total. The highest BCUT2D eigenvalue weighted by Gasteiger charge is 2.32. The Morgan fingerprint density at radius 3 is 2.45 bits per heavy atom. The number of aromatic nitrogens is 1. The Bertz CT molecular complexity index is 1090. The summed E-state index contributed by atoms with van der Waals surface area (Å²) >= 11 is 6.24. The van der Waals surface area contributed by atoms with Gasteiger partial charge in [-0.3, -0.25) is 4.79 Å². The molecule has 1 aromatic carbocycles. The molecule has 0 aliphatic carbocycles. The van der Waals surface area contributed by atoms with E-state index in [9.17, 15) is 13.2 Å². The third kappa shape index (κ3) is 5.86. The van der Waals surface area contributed by atoms with E-state index in [1.807, 2.05) is 32.2 Å². The lowest BCUT2D eigenvalue weighted by molar-refractivity contribution is 0.102. The summed E-state index contributed by atoms with van der Waals surface area (Å²) in [7, 11) is -0.818. The van der Waals surface area contributed by atoms with E-state index in [0.717, 1.165) is 50.0 Å². The molecular weight excluding hydrogens is 460 g/mol. The number of nitrogens with zero attached hydrogens (tertiary/aromatic N) is 3. The Hall–Kier alpha value is -2.16. The maximum Gasteiger partial charge on any atom is 0.258 e. The lowest BCUT2D eigenvalue weighted by Crippen LogP contribution is -2.49. The smallest absolute Gasteiger partial charge is 0.258 e. The number of anilines is 2. The molecule has 1 amide bonds. The highest BCUT2D eigenvalue weighted by Crippen LogP contribution is 2.30. The van der Waals surface area contributed by atoms with Crippen molar-refractivity contribution in [3.63, 3.8) is 0 Å². The molecule has 4 rings (SSSR count). The van der Waals surface area contributed by atoms with Crippen LogP contribution in [0.4, 0.5) is 11.5 Å². The first-order valence-corrected chi connectivity index (χ1v) is 13.6. The second-order valence-corrected chi connectivity index (χ2v) is 11.8. The lowest BCUT2D eigenvalue weighted by atomic mass is 9.98. The van der Waals surface area contributed by atoms with Gasteiger partial charge in [0.05, 0.1) is 17.1 Å². The topological polar surface area (TPSA) is 82.6 Å². The summed E-state index contributed by atoms with van der Waals surface area (Å²) in [5, 5.41) is 3.39. The number of piperidine rings is 1. The number of nitrogens with one attached hydrogen (secondary N) is 1. The predicted octanol–water partition coefficient (Wildman–Crippen LogP) is 3.77. The number of likely N-dealkylation sites (tertiary alicyclic amines) is 1.